The van der Waals surface area contributed by atoms with Gasteiger partial charge in [-0.2, -0.15) is 0 Å². The molecule has 0 spiro atoms. The Morgan fingerprint density at radius 2 is 1.55 bits per heavy atom. The van der Waals surface area contributed by atoms with Crippen LogP contribution in [0.25, 0.3) is 0 Å². The van der Waals surface area contributed by atoms with Crippen molar-refractivity contribution < 1.29 is 28.8 Å². The van der Waals surface area contributed by atoms with Gasteiger partial charge < -0.3 is 24.1 Å². The SMILES string of the molecule is COc1ccc(C(OC[C@H]2O[C@@H](c3cnc(NC(C)=O)[nH]c3=O)C[C@@H]2O)(c2ccccc2)c2ccc(OC)cc2)cc1. The zero-order chi connectivity index (χ0) is 29.7. The number of aromatic nitrogens is 2. The number of carbonyl (C=O) groups is 1. The summed E-state index contributed by atoms with van der Waals surface area (Å²) in [6, 6.07) is 25.1. The summed E-state index contributed by atoms with van der Waals surface area (Å²) in [5, 5.41) is 13.4. The van der Waals surface area contributed by atoms with Gasteiger partial charge in [-0.25, -0.2) is 4.98 Å². The predicted octanol–water partition coefficient (Wildman–Crippen LogP) is 3.95. The fourth-order valence-corrected chi connectivity index (χ4v) is 5.22. The van der Waals surface area contributed by atoms with E-state index in [0.717, 1.165) is 16.7 Å². The summed E-state index contributed by atoms with van der Waals surface area (Å²) in [6.45, 7) is 1.34. The average molecular weight is 572 g/mol. The summed E-state index contributed by atoms with van der Waals surface area (Å²) < 4.78 is 23.8. The van der Waals surface area contributed by atoms with Crippen LogP contribution in [0.1, 0.15) is 41.7 Å². The minimum absolute atomic E-state index is 0.0138. The first-order chi connectivity index (χ1) is 20.3. The number of nitrogens with zero attached hydrogens (tertiary/aromatic N) is 1. The quantitative estimate of drug-likeness (QED) is 0.244. The van der Waals surface area contributed by atoms with Crippen molar-refractivity contribution in [1.82, 2.24) is 9.97 Å². The second kappa shape index (κ2) is 12.6. The van der Waals surface area contributed by atoms with Crippen LogP contribution in [0.2, 0.25) is 0 Å². The number of methoxy groups -OCH3 is 2. The third kappa shape index (κ3) is 5.91. The highest BCUT2D eigenvalue weighted by Crippen LogP contribution is 2.43. The van der Waals surface area contributed by atoms with Crippen molar-refractivity contribution in [3.05, 3.63) is 118 Å². The van der Waals surface area contributed by atoms with Gasteiger partial charge in [-0.15, -0.1) is 0 Å². The maximum atomic E-state index is 12.7. The van der Waals surface area contributed by atoms with E-state index < -0.39 is 29.5 Å². The molecule has 1 aromatic heterocycles. The average Bonchev–Trinajstić information content (AvgIpc) is 3.38. The predicted molar refractivity (Wildman–Crippen MR) is 156 cm³/mol. The van der Waals surface area contributed by atoms with Crippen LogP contribution in [0.5, 0.6) is 11.5 Å². The van der Waals surface area contributed by atoms with E-state index in [1.165, 1.54) is 13.1 Å². The van der Waals surface area contributed by atoms with Crippen molar-refractivity contribution in [3.8, 4) is 11.5 Å². The van der Waals surface area contributed by atoms with Gasteiger partial charge in [0.05, 0.1) is 38.6 Å². The number of anilines is 1. The van der Waals surface area contributed by atoms with Crippen molar-refractivity contribution in [2.24, 2.45) is 0 Å². The van der Waals surface area contributed by atoms with Gasteiger partial charge in [0.1, 0.15) is 23.2 Å². The summed E-state index contributed by atoms with van der Waals surface area (Å²) in [4.78, 5) is 30.7. The maximum Gasteiger partial charge on any atom is 0.258 e. The monoisotopic (exact) mass is 571 g/mol. The first-order valence-corrected chi connectivity index (χ1v) is 13.5. The Hall–Kier alpha value is -4.51. The van der Waals surface area contributed by atoms with Gasteiger partial charge in [0.2, 0.25) is 11.9 Å². The van der Waals surface area contributed by atoms with E-state index in [4.69, 9.17) is 18.9 Å². The number of hydrogen-bond donors (Lipinski definition) is 3. The lowest BCUT2D eigenvalue weighted by Gasteiger charge is -2.37. The van der Waals surface area contributed by atoms with E-state index in [0.29, 0.717) is 11.5 Å². The molecule has 1 amide bonds. The first-order valence-electron chi connectivity index (χ1n) is 13.5. The number of nitrogens with one attached hydrogen (secondary N) is 2. The largest absolute Gasteiger partial charge is 0.497 e. The summed E-state index contributed by atoms with van der Waals surface area (Å²) in [5.41, 5.74) is 1.28. The molecule has 4 aromatic rings. The van der Waals surface area contributed by atoms with E-state index in [2.05, 4.69) is 15.3 Å². The number of aliphatic hydroxyl groups excluding tert-OH is 1. The minimum atomic E-state index is -1.08. The van der Waals surface area contributed by atoms with Gasteiger partial charge in [0, 0.05) is 19.5 Å². The number of benzene rings is 3. The fourth-order valence-electron chi connectivity index (χ4n) is 5.22. The van der Waals surface area contributed by atoms with Crippen molar-refractivity contribution in [2.75, 3.05) is 26.1 Å². The Bertz CT molecular complexity index is 1510. The molecule has 3 aromatic carbocycles. The molecule has 1 saturated heterocycles. The molecular weight excluding hydrogens is 538 g/mol. The molecule has 0 aliphatic carbocycles. The Morgan fingerprint density at radius 1 is 0.976 bits per heavy atom. The lowest BCUT2D eigenvalue weighted by Crippen LogP contribution is -2.38. The van der Waals surface area contributed by atoms with Crippen molar-refractivity contribution >= 4 is 11.9 Å². The number of carbonyl (C=O) groups excluding carboxylic acids is 1. The Morgan fingerprint density at radius 3 is 2.07 bits per heavy atom. The molecule has 0 radical (unpaired) electrons. The molecule has 2 heterocycles. The standard InChI is InChI=1S/C32H33N3O7/c1-20(36)34-31-33-18-26(30(38)35-31)28-17-27(37)29(42-28)19-41-32(21-7-5-4-6-8-21,22-9-13-24(39-2)14-10-22)23-11-15-25(40-3)16-12-23/h4-16,18,27-29,37H,17,19H2,1-3H3,(H2,33,34,35,36,38)/t27-,28+,29+/m0/s1. The third-order valence-corrected chi connectivity index (χ3v) is 7.33. The highest BCUT2D eigenvalue weighted by molar-refractivity contribution is 5.86. The summed E-state index contributed by atoms with van der Waals surface area (Å²) >= 11 is 0. The molecule has 0 saturated carbocycles. The van der Waals surface area contributed by atoms with Crippen LogP contribution in [0, 0.1) is 0 Å². The normalized spacial score (nSPS) is 18.4. The number of H-pyrrole nitrogens is 1. The summed E-state index contributed by atoms with van der Waals surface area (Å²) in [6.07, 6.45) is -0.798. The molecule has 3 N–H and O–H groups in total. The van der Waals surface area contributed by atoms with Crippen LogP contribution in [0.15, 0.2) is 89.9 Å². The first kappa shape index (κ1) is 29.0. The molecule has 10 nitrogen and oxygen atoms in total. The summed E-state index contributed by atoms with van der Waals surface area (Å²) in [5.74, 6) is 1.10. The molecule has 1 aliphatic heterocycles. The number of aliphatic hydroxyl groups is 1. The molecule has 1 aliphatic rings. The van der Waals surface area contributed by atoms with Crippen molar-refractivity contribution in [1.29, 1.82) is 0 Å². The van der Waals surface area contributed by atoms with Crippen molar-refractivity contribution in [2.45, 2.75) is 37.3 Å². The maximum absolute atomic E-state index is 12.7. The lowest BCUT2D eigenvalue weighted by molar-refractivity contribution is -0.114. The molecule has 1 fully saturated rings. The molecule has 218 valence electrons. The molecule has 0 bridgehead atoms. The van der Waals surface area contributed by atoms with Crippen LogP contribution >= 0.6 is 0 Å². The molecule has 42 heavy (non-hydrogen) atoms. The second-order valence-corrected chi connectivity index (χ2v) is 9.98. The van der Waals surface area contributed by atoms with Crippen LogP contribution in [0.3, 0.4) is 0 Å². The second-order valence-electron chi connectivity index (χ2n) is 9.98. The molecular formula is C32H33N3O7. The Labute approximate surface area is 243 Å². The third-order valence-electron chi connectivity index (χ3n) is 7.33. The lowest BCUT2D eigenvalue weighted by atomic mass is 9.80. The topological polar surface area (TPSA) is 132 Å². The Kier molecular flexibility index (Phi) is 8.67. The van der Waals surface area contributed by atoms with Crippen molar-refractivity contribution in [3.63, 3.8) is 0 Å². The van der Waals surface area contributed by atoms with Gasteiger partial charge in [0.25, 0.3) is 5.56 Å². The molecule has 5 rings (SSSR count). The number of rotatable bonds is 10. The van der Waals surface area contributed by atoms with Crippen LogP contribution in [-0.4, -0.2) is 54.0 Å². The zero-order valence-electron chi connectivity index (χ0n) is 23.6. The zero-order valence-corrected chi connectivity index (χ0v) is 23.6. The van der Waals surface area contributed by atoms with E-state index in [9.17, 15) is 14.7 Å². The molecule has 0 unspecified atom stereocenters. The highest BCUT2D eigenvalue weighted by Gasteiger charge is 2.42. The number of amides is 1. The van der Waals surface area contributed by atoms with E-state index >= 15 is 0 Å². The van der Waals surface area contributed by atoms with Gasteiger partial charge in [-0.3, -0.25) is 19.9 Å². The number of aromatic amines is 1. The van der Waals surface area contributed by atoms with Gasteiger partial charge in [-0.05, 0) is 41.0 Å². The highest BCUT2D eigenvalue weighted by atomic mass is 16.6. The van der Waals surface area contributed by atoms with E-state index in [1.54, 1.807) is 14.2 Å². The van der Waals surface area contributed by atoms with Gasteiger partial charge in [-0.1, -0.05) is 54.6 Å². The minimum Gasteiger partial charge on any atom is -0.497 e. The molecule has 10 heteroatoms. The van der Waals surface area contributed by atoms with Crippen LogP contribution in [0.4, 0.5) is 5.95 Å². The van der Waals surface area contributed by atoms with E-state index in [1.807, 2.05) is 78.9 Å². The number of ether oxygens (including phenoxy) is 4. The number of hydrogen-bond acceptors (Lipinski definition) is 8. The van der Waals surface area contributed by atoms with Gasteiger partial charge >= 0.3 is 0 Å². The van der Waals surface area contributed by atoms with E-state index in [-0.39, 0.29) is 30.4 Å². The van der Waals surface area contributed by atoms with Crippen LogP contribution < -0.4 is 20.3 Å². The Balaban J connectivity index is 1.49. The smallest absolute Gasteiger partial charge is 0.258 e. The fraction of sp³-hybridized carbons (Fsp3) is 0.281. The summed E-state index contributed by atoms with van der Waals surface area (Å²) in [7, 11) is 3.23. The van der Waals surface area contributed by atoms with Crippen LogP contribution in [-0.2, 0) is 19.9 Å². The van der Waals surface area contributed by atoms with Gasteiger partial charge in [0.15, 0.2) is 0 Å². The molecule has 3 atom stereocenters.